The van der Waals surface area contributed by atoms with Crippen molar-refractivity contribution in [3.05, 3.63) is 54.4 Å². The summed E-state index contributed by atoms with van der Waals surface area (Å²) in [5.41, 5.74) is 2.13. The number of anilines is 2. The number of rotatable bonds is 5. The molecule has 0 saturated carbocycles. The molecular formula is C22H24N4O2. The summed E-state index contributed by atoms with van der Waals surface area (Å²) >= 11 is 0. The van der Waals surface area contributed by atoms with Gasteiger partial charge in [-0.15, -0.1) is 0 Å². The molecule has 0 spiro atoms. The van der Waals surface area contributed by atoms with Crippen LogP contribution in [-0.4, -0.2) is 35.6 Å². The Hall–Kier alpha value is -3.15. The first kappa shape index (κ1) is 18.2. The smallest absolute Gasteiger partial charge is 0.255 e. The minimum Gasteiger partial charge on any atom is -0.494 e. The van der Waals surface area contributed by atoms with Crippen molar-refractivity contribution in [3.8, 4) is 5.75 Å². The zero-order valence-electron chi connectivity index (χ0n) is 16.0. The number of carbonyl (C=O) groups is 1. The molecule has 0 unspecified atom stereocenters. The SMILES string of the molecule is CCOc1ccc(C(=O)Nc2ccc3c(N4CCCCC4)ncnc3c2)cc1. The molecule has 1 N–H and O–H groups in total. The molecule has 28 heavy (non-hydrogen) atoms. The van der Waals surface area contributed by atoms with E-state index in [9.17, 15) is 4.79 Å². The summed E-state index contributed by atoms with van der Waals surface area (Å²) in [5.74, 6) is 1.58. The molecule has 1 aliphatic heterocycles. The largest absolute Gasteiger partial charge is 0.494 e. The zero-order chi connectivity index (χ0) is 19.3. The monoisotopic (exact) mass is 376 g/mol. The van der Waals surface area contributed by atoms with Crippen LogP contribution in [0.3, 0.4) is 0 Å². The first-order chi connectivity index (χ1) is 13.7. The van der Waals surface area contributed by atoms with Crippen LogP contribution in [-0.2, 0) is 0 Å². The fraction of sp³-hybridized carbons (Fsp3) is 0.318. The average Bonchev–Trinajstić information content (AvgIpc) is 2.74. The van der Waals surface area contributed by atoms with Crippen molar-refractivity contribution in [1.29, 1.82) is 0 Å². The van der Waals surface area contributed by atoms with Gasteiger partial charge in [-0.3, -0.25) is 4.79 Å². The average molecular weight is 376 g/mol. The van der Waals surface area contributed by atoms with Gasteiger partial charge in [0.1, 0.15) is 17.9 Å². The number of aromatic nitrogens is 2. The quantitative estimate of drug-likeness (QED) is 0.720. The van der Waals surface area contributed by atoms with Crippen LogP contribution in [0, 0.1) is 0 Å². The predicted molar refractivity (Wildman–Crippen MR) is 111 cm³/mol. The molecule has 1 fully saturated rings. The molecule has 0 aliphatic carbocycles. The standard InChI is InChI=1S/C22H24N4O2/c1-2-28-18-9-6-16(7-10-18)22(27)25-17-8-11-19-20(14-17)23-15-24-21(19)26-12-4-3-5-13-26/h6-11,14-15H,2-5,12-13H2,1H3,(H,25,27). The second-order valence-corrected chi connectivity index (χ2v) is 6.89. The molecule has 6 heteroatoms. The number of benzene rings is 2. The molecule has 3 aromatic rings. The highest BCUT2D eigenvalue weighted by atomic mass is 16.5. The summed E-state index contributed by atoms with van der Waals surface area (Å²) in [7, 11) is 0. The van der Waals surface area contributed by atoms with Gasteiger partial charge in [0, 0.05) is 29.7 Å². The van der Waals surface area contributed by atoms with Crippen LogP contribution in [0.4, 0.5) is 11.5 Å². The van der Waals surface area contributed by atoms with Gasteiger partial charge in [-0.25, -0.2) is 9.97 Å². The van der Waals surface area contributed by atoms with Crippen LogP contribution in [0.25, 0.3) is 10.9 Å². The molecule has 0 atom stereocenters. The van der Waals surface area contributed by atoms with Crippen LogP contribution in [0.15, 0.2) is 48.8 Å². The van der Waals surface area contributed by atoms with E-state index in [-0.39, 0.29) is 5.91 Å². The van der Waals surface area contributed by atoms with E-state index in [0.29, 0.717) is 12.2 Å². The number of amides is 1. The summed E-state index contributed by atoms with van der Waals surface area (Å²) in [6.45, 7) is 4.59. The van der Waals surface area contributed by atoms with Crippen molar-refractivity contribution in [1.82, 2.24) is 9.97 Å². The number of hydrogen-bond donors (Lipinski definition) is 1. The van der Waals surface area contributed by atoms with E-state index in [4.69, 9.17) is 4.74 Å². The third-order valence-electron chi connectivity index (χ3n) is 4.96. The number of fused-ring (bicyclic) bond motifs is 1. The topological polar surface area (TPSA) is 67.3 Å². The van der Waals surface area contributed by atoms with Gasteiger partial charge in [-0.05, 0) is 68.7 Å². The molecule has 1 aromatic heterocycles. The highest BCUT2D eigenvalue weighted by Crippen LogP contribution is 2.27. The van der Waals surface area contributed by atoms with Crippen LogP contribution < -0.4 is 15.0 Å². The van der Waals surface area contributed by atoms with Gasteiger partial charge < -0.3 is 15.0 Å². The van der Waals surface area contributed by atoms with E-state index in [1.165, 1.54) is 19.3 Å². The summed E-state index contributed by atoms with van der Waals surface area (Å²) in [4.78, 5) is 23.8. The number of ether oxygens (including phenoxy) is 1. The Labute approximate surface area is 164 Å². The maximum atomic E-state index is 12.5. The highest BCUT2D eigenvalue weighted by molar-refractivity contribution is 6.05. The first-order valence-electron chi connectivity index (χ1n) is 9.78. The van der Waals surface area contributed by atoms with Gasteiger partial charge in [-0.1, -0.05) is 0 Å². The number of carbonyl (C=O) groups excluding carboxylic acids is 1. The predicted octanol–water partition coefficient (Wildman–Crippen LogP) is 4.27. The lowest BCUT2D eigenvalue weighted by Crippen LogP contribution is -2.30. The lowest BCUT2D eigenvalue weighted by atomic mass is 10.1. The minimum atomic E-state index is -0.160. The molecule has 2 aromatic carbocycles. The summed E-state index contributed by atoms with van der Waals surface area (Å²) in [5, 5.41) is 3.96. The fourth-order valence-corrected chi connectivity index (χ4v) is 3.55. The van der Waals surface area contributed by atoms with E-state index in [0.717, 1.165) is 41.2 Å². The molecule has 0 radical (unpaired) electrons. The molecule has 0 bridgehead atoms. The van der Waals surface area contributed by atoms with E-state index < -0.39 is 0 Å². The van der Waals surface area contributed by atoms with E-state index in [2.05, 4.69) is 20.2 Å². The van der Waals surface area contributed by atoms with Gasteiger partial charge in [0.2, 0.25) is 0 Å². The van der Waals surface area contributed by atoms with Crippen molar-refractivity contribution in [2.45, 2.75) is 26.2 Å². The second kappa shape index (κ2) is 8.25. The van der Waals surface area contributed by atoms with Crippen molar-refractivity contribution < 1.29 is 9.53 Å². The Bertz CT molecular complexity index is 966. The molecule has 2 heterocycles. The summed E-state index contributed by atoms with van der Waals surface area (Å²) < 4.78 is 5.42. The lowest BCUT2D eigenvalue weighted by Gasteiger charge is -2.28. The second-order valence-electron chi connectivity index (χ2n) is 6.89. The number of hydrogen-bond acceptors (Lipinski definition) is 5. The van der Waals surface area contributed by atoms with E-state index in [1.54, 1.807) is 30.6 Å². The zero-order valence-corrected chi connectivity index (χ0v) is 16.0. The van der Waals surface area contributed by atoms with Crippen molar-refractivity contribution in [2.75, 3.05) is 29.9 Å². The fourth-order valence-electron chi connectivity index (χ4n) is 3.55. The Morgan fingerprint density at radius 1 is 1.07 bits per heavy atom. The lowest BCUT2D eigenvalue weighted by molar-refractivity contribution is 0.102. The maximum absolute atomic E-state index is 12.5. The molecule has 1 saturated heterocycles. The molecule has 144 valence electrons. The first-order valence-corrected chi connectivity index (χ1v) is 9.78. The van der Waals surface area contributed by atoms with Crippen molar-refractivity contribution >= 4 is 28.3 Å². The number of nitrogens with zero attached hydrogens (tertiary/aromatic N) is 3. The van der Waals surface area contributed by atoms with Crippen molar-refractivity contribution in [3.63, 3.8) is 0 Å². The van der Waals surface area contributed by atoms with Crippen LogP contribution in [0.2, 0.25) is 0 Å². The summed E-state index contributed by atoms with van der Waals surface area (Å²) in [6.07, 6.45) is 5.27. The third-order valence-corrected chi connectivity index (χ3v) is 4.96. The highest BCUT2D eigenvalue weighted by Gasteiger charge is 2.16. The molecule has 4 rings (SSSR count). The van der Waals surface area contributed by atoms with Crippen LogP contribution in [0.5, 0.6) is 5.75 Å². The summed E-state index contributed by atoms with van der Waals surface area (Å²) in [6, 6.07) is 12.9. The van der Waals surface area contributed by atoms with Crippen molar-refractivity contribution in [2.24, 2.45) is 0 Å². The van der Waals surface area contributed by atoms with Gasteiger partial charge in [0.05, 0.1) is 12.1 Å². The van der Waals surface area contributed by atoms with Gasteiger partial charge in [0.15, 0.2) is 0 Å². The van der Waals surface area contributed by atoms with Gasteiger partial charge >= 0.3 is 0 Å². The van der Waals surface area contributed by atoms with Crippen LogP contribution in [0.1, 0.15) is 36.5 Å². The van der Waals surface area contributed by atoms with Crippen LogP contribution >= 0.6 is 0 Å². The molecule has 1 aliphatic rings. The number of nitrogens with one attached hydrogen (secondary N) is 1. The molecular weight excluding hydrogens is 352 g/mol. The van der Waals surface area contributed by atoms with E-state index >= 15 is 0 Å². The van der Waals surface area contributed by atoms with E-state index in [1.807, 2.05) is 25.1 Å². The minimum absolute atomic E-state index is 0.160. The molecule has 6 nitrogen and oxygen atoms in total. The number of piperidine rings is 1. The third kappa shape index (κ3) is 3.91. The van der Waals surface area contributed by atoms with Gasteiger partial charge in [0.25, 0.3) is 5.91 Å². The Morgan fingerprint density at radius 2 is 1.86 bits per heavy atom. The molecule has 1 amide bonds. The maximum Gasteiger partial charge on any atom is 0.255 e. The Balaban J connectivity index is 1.53. The van der Waals surface area contributed by atoms with Gasteiger partial charge in [-0.2, -0.15) is 0 Å². The normalized spacial score (nSPS) is 14.1. The Morgan fingerprint density at radius 3 is 2.61 bits per heavy atom. The Kier molecular flexibility index (Phi) is 5.37.